The first-order valence-corrected chi connectivity index (χ1v) is 5.79. The van der Waals surface area contributed by atoms with Crippen LogP contribution in [0.1, 0.15) is 5.56 Å². The predicted molar refractivity (Wildman–Crippen MR) is 63.3 cm³/mol. The van der Waals surface area contributed by atoms with Crippen LogP contribution in [0.5, 0.6) is 0 Å². The minimum atomic E-state index is 0.601. The Hall–Kier alpha value is -1.35. The summed E-state index contributed by atoms with van der Waals surface area (Å²) in [5.74, 6) is 2.15. The van der Waals surface area contributed by atoms with Gasteiger partial charge in [-0.25, -0.2) is 0 Å². The van der Waals surface area contributed by atoms with E-state index in [1.54, 1.807) is 7.11 Å². The van der Waals surface area contributed by atoms with Crippen molar-refractivity contribution < 1.29 is 4.84 Å². The maximum atomic E-state index is 4.99. The van der Waals surface area contributed by atoms with Gasteiger partial charge in [-0.3, -0.25) is 0 Å². The van der Waals surface area contributed by atoms with E-state index in [9.17, 15) is 0 Å². The maximum absolute atomic E-state index is 4.99. The number of nitrogens with one attached hydrogen (secondary N) is 1. The molecule has 1 aromatic rings. The van der Waals surface area contributed by atoms with Crippen molar-refractivity contribution in [1.29, 1.82) is 0 Å². The van der Waals surface area contributed by atoms with Crippen molar-refractivity contribution in [2.75, 3.05) is 20.2 Å². The minimum Gasteiger partial charge on any atom is -0.399 e. The lowest BCUT2D eigenvalue weighted by Crippen LogP contribution is -2.19. The van der Waals surface area contributed by atoms with Crippen LogP contribution in [0.2, 0.25) is 0 Å². The standard InChI is InChI=1S/C13H16N2O/c1-16-15-13(9-5-3-2-4-6-9)12-10-7-14-8-11(10)12/h2-6,10-12,14H,7-8H2,1H3/b15-13-. The summed E-state index contributed by atoms with van der Waals surface area (Å²) >= 11 is 0. The molecule has 1 aliphatic carbocycles. The van der Waals surface area contributed by atoms with Gasteiger partial charge in [0.25, 0.3) is 0 Å². The van der Waals surface area contributed by atoms with Crippen LogP contribution in [-0.4, -0.2) is 25.9 Å². The zero-order valence-corrected chi connectivity index (χ0v) is 9.39. The maximum Gasteiger partial charge on any atom is 0.106 e. The zero-order chi connectivity index (χ0) is 11.0. The smallest absolute Gasteiger partial charge is 0.106 e. The van der Waals surface area contributed by atoms with E-state index in [4.69, 9.17) is 4.84 Å². The van der Waals surface area contributed by atoms with Gasteiger partial charge in [-0.2, -0.15) is 0 Å². The zero-order valence-electron chi connectivity index (χ0n) is 9.39. The Kier molecular flexibility index (Phi) is 2.40. The van der Waals surface area contributed by atoms with E-state index >= 15 is 0 Å². The second-order valence-corrected chi connectivity index (χ2v) is 4.54. The number of piperidine rings is 1. The van der Waals surface area contributed by atoms with Crippen LogP contribution in [0.25, 0.3) is 0 Å². The summed E-state index contributed by atoms with van der Waals surface area (Å²) in [6.45, 7) is 2.26. The summed E-state index contributed by atoms with van der Waals surface area (Å²) in [6.07, 6.45) is 0. The molecule has 1 N–H and O–H groups in total. The van der Waals surface area contributed by atoms with E-state index in [1.165, 1.54) is 5.56 Å². The summed E-state index contributed by atoms with van der Waals surface area (Å²) in [7, 11) is 1.62. The van der Waals surface area contributed by atoms with Crippen LogP contribution in [-0.2, 0) is 4.84 Å². The summed E-state index contributed by atoms with van der Waals surface area (Å²) in [5, 5.41) is 7.63. The van der Waals surface area contributed by atoms with E-state index in [-0.39, 0.29) is 0 Å². The number of oxime groups is 1. The van der Waals surface area contributed by atoms with Crippen molar-refractivity contribution in [2.45, 2.75) is 0 Å². The van der Waals surface area contributed by atoms with E-state index in [0.717, 1.165) is 30.6 Å². The van der Waals surface area contributed by atoms with Gasteiger partial charge in [0.05, 0.1) is 5.71 Å². The SMILES string of the molecule is CO/N=C(/c1ccccc1)C1C2CNCC21. The molecule has 3 heteroatoms. The summed E-state index contributed by atoms with van der Waals surface area (Å²) in [4.78, 5) is 4.99. The van der Waals surface area contributed by atoms with Gasteiger partial charge < -0.3 is 10.2 Å². The number of fused-ring (bicyclic) bond motifs is 1. The highest BCUT2D eigenvalue weighted by molar-refractivity contribution is 6.04. The van der Waals surface area contributed by atoms with Gasteiger partial charge in [0.15, 0.2) is 0 Å². The highest BCUT2D eigenvalue weighted by Gasteiger charge is 2.55. The molecule has 2 atom stereocenters. The molecule has 1 saturated carbocycles. The summed E-state index contributed by atoms with van der Waals surface area (Å²) in [6, 6.07) is 10.4. The Morgan fingerprint density at radius 3 is 2.56 bits per heavy atom. The molecule has 0 aromatic heterocycles. The molecule has 0 spiro atoms. The first-order chi connectivity index (χ1) is 7.92. The second-order valence-electron chi connectivity index (χ2n) is 4.54. The van der Waals surface area contributed by atoms with Gasteiger partial charge in [0, 0.05) is 5.92 Å². The monoisotopic (exact) mass is 216 g/mol. The first kappa shape index (κ1) is 9.85. The van der Waals surface area contributed by atoms with E-state index in [2.05, 4.69) is 34.7 Å². The van der Waals surface area contributed by atoms with Gasteiger partial charge in [0.1, 0.15) is 7.11 Å². The third-order valence-electron chi connectivity index (χ3n) is 3.67. The summed E-state index contributed by atoms with van der Waals surface area (Å²) in [5.41, 5.74) is 2.32. The fraction of sp³-hybridized carbons (Fsp3) is 0.462. The molecular weight excluding hydrogens is 200 g/mol. The molecular formula is C13H16N2O. The minimum absolute atomic E-state index is 0.601. The van der Waals surface area contributed by atoms with Gasteiger partial charge >= 0.3 is 0 Å². The van der Waals surface area contributed by atoms with Crippen molar-refractivity contribution >= 4 is 5.71 Å². The molecule has 1 aromatic carbocycles. The van der Waals surface area contributed by atoms with E-state index < -0.39 is 0 Å². The predicted octanol–water partition coefficient (Wildman–Crippen LogP) is 1.50. The number of benzene rings is 1. The fourth-order valence-electron chi connectivity index (χ4n) is 2.84. The molecule has 1 heterocycles. The van der Waals surface area contributed by atoms with E-state index in [1.807, 2.05) is 6.07 Å². The molecule has 84 valence electrons. The van der Waals surface area contributed by atoms with E-state index in [0.29, 0.717) is 5.92 Å². The Bertz CT molecular complexity index is 392. The molecule has 3 rings (SSSR count). The fourth-order valence-corrected chi connectivity index (χ4v) is 2.84. The molecule has 2 unspecified atom stereocenters. The van der Waals surface area contributed by atoms with Gasteiger partial charge in [-0.1, -0.05) is 35.5 Å². The lowest BCUT2D eigenvalue weighted by molar-refractivity contribution is 0.212. The van der Waals surface area contributed by atoms with Crippen LogP contribution in [0.15, 0.2) is 35.5 Å². The normalized spacial score (nSPS) is 32.3. The number of hydrogen-bond acceptors (Lipinski definition) is 3. The van der Waals surface area contributed by atoms with Gasteiger partial charge in [0.2, 0.25) is 0 Å². The molecule has 0 bridgehead atoms. The van der Waals surface area contributed by atoms with Crippen LogP contribution in [0, 0.1) is 17.8 Å². The molecule has 0 radical (unpaired) electrons. The topological polar surface area (TPSA) is 33.6 Å². The van der Waals surface area contributed by atoms with Crippen molar-refractivity contribution in [2.24, 2.45) is 22.9 Å². The molecule has 1 aliphatic heterocycles. The van der Waals surface area contributed by atoms with Crippen LogP contribution >= 0.6 is 0 Å². The molecule has 3 nitrogen and oxygen atoms in total. The third kappa shape index (κ3) is 1.52. The third-order valence-corrected chi connectivity index (χ3v) is 3.67. The highest BCUT2D eigenvalue weighted by atomic mass is 16.6. The van der Waals surface area contributed by atoms with Crippen molar-refractivity contribution in [1.82, 2.24) is 5.32 Å². The lowest BCUT2D eigenvalue weighted by atomic mass is 10.0. The molecule has 1 saturated heterocycles. The Morgan fingerprint density at radius 1 is 1.25 bits per heavy atom. The quantitative estimate of drug-likeness (QED) is 0.613. The average Bonchev–Trinajstić information content (AvgIpc) is 2.80. The average molecular weight is 216 g/mol. The van der Waals surface area contributed by atoms with Crippen molar-refractivity contribution in [3.63, 3.8) is 0 Å². The lowest BCUT2D eigenvalue weighted by Gasteiger charge is -2.08. The molecule has 2 aliphatic rings. The van der Waals surface area contributed by atoms with Crippen LogP contribution in [0.4, 0.5) is 0 Å². The van der Waals surface area contributed by atoms with Gasteiger partial charge in [-0.05, 0) is 30.5 Å². The first-order valence-electron chi connectivity index (χ1n) is 5.79. The number of rotatable bonds is 3. The van der Waals surface area contributed by atoms with Crippen LogP contribution < -0.4 is 5.32 Å². The Labute approximate surface area is 95.5 Å². The highest BCUT2D eigenvalue weighted by Crippen LogP contribution is 2.50. The second kappa shape index (κ2) is 3.91. The number of nitrogens with zero attached hydrogens (tertiary/aromatic N) is 1. The Balaban J connectivity index is 1.86. The van der Waals surface area contributed by atoms with Crippen LogP contribution in [0.3, 0.4) is 0 Å². The van der Waals surface area contributed by atoms with Crippen molar-refractivity contribution in [3.05, 3.63) is 35.9 Å². The molecule has 0 amide bonds. The molecule has 2 fully saturated rings. The van der Waals surface area contributed by atoms with Crippen molar-refractivity contribution in [3.8, 4) is 0 Å². The summed E-state index contributed by atoms with van der Waals surface area (Å²) < 4.78 is 0. The largest absolute Gasteiger partial charge is 0.399 e. The Morgan fingerprint density at radius 2 is 1.94 bits per heavy atom. The number of hydrogen-bond donors (Lipinski definition) is 1. The molecule has 16 heavy (non-hydrogen) atoms. The van der Waals surface area contributed by atoms with Gasteiger partial charge in [-0.15, -0.1) is 0 Å².